The van der Waals surface area contributed by atoms with Gasteiger partial charge in [0.1, 0.15) is 5.01 Å². The largest absolute Gasteiger partial charge is 0.347 e. The third-order valence-electron chi connectivity index (χ3n) is 4.07. The lowest BCUT2D eigenvalue weighted by Gasteiger charge is -2.27. The molecule has 1 aliphatic rings. The van der Waals surface area contributed by atoms with Crippen LogP contribution < -0.4 is 11.1 Å². The third kappa shape index (κ3) is 2.98. The van der Waals surface area contributed by atoms with E-state index >= 15 is 0 Å². The Labute approximate surface area is 118 Å². The summed E-state index contributed by atoms with van der Waals surface area (Å²) in [5.74, 6) is 0.105. The van der Waals surface area contributed by atoms with Crippen molar-refractivity contribution < 1.29 is 4.79 Å². The highest BCUT2D eigenvalue weighted by molar-refractivity contribution is 7.11. The summed E-state index contributed by atoms with van der Waals surface area (Å²) in [6.45, 7) is 4.56. The van der Waals surface area contributed by atoms with Crippen LogP contribution in [0.15, 0.2) is 6.20 Å². The summed E-state index contributed by atoms with van der Waals surface area (Å²) in [6.07, 6.45) is 6.94. The molecule has 0 aliphatic heterocycles. The number of aryl methyl sites for hydroxylation is 1. The average molecular weight is 281 g/mol. The van der Waals surface area contributed by atoms with Gasteiger partial charge in [0.25, 0.3) is 0 Å². The molecule has 1 atom stereocenters. The highest BCUT2D eigenvalue weighted by Crippen LogP contribution is 2.38. The van der Waals surface area contributed by atoms with Crippen LogP contribution in [0.1, 0.15) is 55.5 Å². The van der Waals surface area contributed by atoms with Crippen LogP contribution in [0.3, 0.4) is 0 Å². The van der Waals surface area contributed by atoms with Gasteiger partial charge in [0.05, 0.1) is 11.5 Å². The number of hydrogen-bond donors (Lipinski definition) is 2. The van der Waals surface area contributed by atoms with E-state index in [1.807, 2.05) is 13.1 Å². The van der Waals surface area contributed by atoms with Crippen molar-refractivity contribution in [3.05, 3.63) is 16.1 Å². The molecule has 0 spiro atoms. The van der Waals surface area contributed by atoms with Gasteiger partial charge >= 0.3 is 0 Å². The Morgan fingerprint density at radius 2 is 2.26 bits per heavy atom. The van der Waals surface area contributed by atoms with Gasteiger partial charge in [0.2, 0.25) is 5.91 Å². The van der Waals surface area contributed by atoms with E-state index in [4.69, 9.17) is 5.73 Å². The minimum absolute atomic E-state index is 0.0261. The van der Waals surface area contributed by atoms with Crippen molar-refractivity contribution in [1.29, 1.82) is 0 Å². The van der Waals surface area contributed by atoms with Crippen LogP contribution in [0, 0.1) is 5.41 Å². The predicted octanol–water partition coefficient (Wildman–Crippen LogP) is 2.40. The van der Waals surface area contributed by atoms with Gasteiger partial charge in [-0.15, -0.1) is 11.3 Å². The van der Waals surface area contributed by atoms with Crippen molar-refractivity contribution in [1.82, 2.24) is 10.3 Å². The van der Waals surface area contributed by atoms with E-state index in [1.165, 1.54) is 4.88 Å². The maximum atomic E-state index is 12.4. The maximum absolute atomic E-state index is 12.4. The SMILES string of the molecule is CCc1cnc(C(C)NC(=O)C2(CN)CCCC2)s1. The molecule has 4 nitrogen and oxygen atoms in total. The maximum Gasteiger partial charge on any atom is 0.228 e. The molecule has 0 aromatic carbocycles. The van der Waals surface area contributed by atoms with Crippen molar-refractivity contribution in [3.8, 4) is 0 Å². The van der Waals surface area contributed by atoms with Crippen LogP contribution in [-0.4, -0.2) is 17.4 Å². The molecule has 0 bridgehead atoms. The van der Waals surface area contributed by atoms with E-state index in [2.05, 4.69) is 17.2 Å². The van der Waals surface area contributed by atoms with Gasteiger partial charge in [-0.1, -0.05) is 19.8 Å². The Hall–Kier alpha value is -0.940. The molecule has 0 radical (unpaired) electrons. The number of thiazole rings is 1. The first-order valence-corrected chi connectivity index (χ1v) is 7.88. The highest BCUT2D eigenvalue weighted by atomic mass is 32.1. The molecule has 1 aromatic heterocycles. The van der Waals surface area contributed by atoms with Crippen LogP contribution in [0.2, 0.25) is 0 Å². The Morgan fingerprint density at radius 1 is 1.58 bits per heavy atom. The van der Waals surface area contributed by atoms with Crippen molar-refractivity contribution in [2.45, 2.75) is 52.0 Å². The number of hydrogen-bond acceptors (Lipinski definition) is 4. The van der Waals surface area contributed by atoms with Gasteiger partial charge < -0.3 is 11.1 Å². The second kappa shape index (κ2) is 6.01. The fraction of sp³-hybridized carbons (Fsp3) is 0.714. The summed E-state index contributed by atoms with van der Waals surface area (Å²) in [6, 6.07) is -0.0261. The van der Waals surface area contributed by atoms with Gasteiger partial charge in [-0.25, -0.2) is 4.98 Å². The van der Waals surface area contributed by atoms with Crippen LogP contribution in [0.5, 0.6) is 0 Å². The first kappa shape index (κ1) is 14.5. The number of amides is 1. The van der Waals surface area contributed by atoms with Crippen LogP contribution in [0.25, 0.3) is 0 Å². The van der Waals surface area contributed by atoms with Crippen molar-refractivity contribution >= 4 is 17.2 Å². The Bertz CT molecular complexity index is 438. The first-order valence-electron chi connectivity index (χ1n) is 7.07. The molecule has 1 fully saturated rings. The predicted molar refractivity (Wildman–Crippen MR) is 78.0 cm³/mol. The molecule has 0 saturated heterocycles. The number of carbonyl (C=O) groups is 1. The molecule has 19 heavy (non-hydrogen) atoms. The summed E-state index contributed by atoms with van der Waals surface area (Å²) in [5.41, 5.74) is 5.50. The fourth-order valence-corrected chi connectivity index (χ4v) is 3.53. The van der Waals surface area contributed by atoms with Crippen molar-refractivity contribution in [2.75, 3.05) is 6.54 Å². The van der Waals surface area contributed by atoms with Crippen LogP contribution >= 0.6 is 11.3 Å². The third-order valence-corrected chi connectivity index (χ3v) is 5.40. The number of nitrogens with zero attached hydrogens (tertiary/aromatic N) is 1. The average Bonchev–Trinajstić information content (AvgIpc) is 3.08. The monoisotopic (exact) mass is 281 g/mol. The molecule has 1 aliphatic carbocycles. The number of aromatic nitrogens is 1. The highest BCUT2D eigenvalue weighted by Gasteiger charge is 2.40. The second-order valence-electron chi connectivity index (χ2n) is 5.41. The molecule has 3 N–H and O–H groups in total. The zero-order valence-electron chi connectivity index (χ0n) is 11.7. The van der Waals surface area contributed by atoms with E-state index in [9.17, 15) is 4.79 Å². The molecule has 106 valence electrons. The zero-order chi connectivity index (χ0) is 13.9. The molecular formula is C14H23N3OS. The smallest absolute Gasteiger partial charge is 0.228 e. The first-order chi connectivity index (χ1) is 9.11. The minimum atomic E-state index is -0.334. The molecule has 2 rings (SSSR count). The van der Waals surface area contributed by atoms with E-state index in [0.717, 1.165) is 37.1 Å². The summed E-state index contributed by atoms with van der Waals surface area (Å²) >= 11 is 1.67. The van der Waals surface area contributed by atoms with Crippen LogP contribution in [-0.2, 0) is 11.2 Å². The molecule has 1 aromatic rings. The van der Waals surface area contributed by atoms with E-state index in [-0.39, 0.29) is 17.4 Å². The van der Waals surface area contributed by atoms with E-state index in [1.54, 1.807) is 11.3 Å². The Morgan fingerprint density at radius 3 is 2.79 bits per heavy atom. The van der Waals surface area contributed by atoms with Gasteiger partial charge in [0.15, 0.2) is 0 Å². The van der Waals surface area contributed by atoms with Gasteiger partial charge in [-0.05, 0) is 26.2 Å². The lowest BCUT2D eigenvalue weighted by atomic mass is 9.85. The number of nitrogens with one attached hydrogen (secondary N) is 1. The number of carbonyl (C=O) groups excluding carboxylic acids is 1. The molecule has 1 amide bonds. The van der Waals surface area contributed by atoms with Crippen LogP contribution in [0.4, 0.5) is 0 Å². The zero-order valence-corrected chi connectivity index (χ0v) is 12.6. The van der Waals surface area contributed by atoms with Crippen molar-refractivity contribution in [2.24, 2.45) is 11.1 Å². The second-order valence-corrected chi connectivity index (χ2v) is 6.55. The lowest BCUT2D eigenvalue weighted by Crippen LogP contribution is -2.44. The van der Waals surface area contributed by atoms with Gasteiger partial charge in [0, 0.05) is 17.6 Å². The summed E-state index contributed by atoms with van der Waals surface area (Å²) in [4.78, 5) is 18.1. The van der Waals surface area contributed by atoms with Gasteiger partial charge in [-0.3, -0.25) is 4.79 Å². The topological polar surface area (TPSA) is 68.0 Å². The Kier molecular flexibility index (Phi) is 4.58. The normalized spacial score (nSPS) is 19.3. The lowest BCUT2D eigenvalue weighted by molar-refractivity contribution is -0.131. The number of nitrogens with two attached hydrogens (primary N) is 1. The number of rotatable bonds is 5. The molecule has 1 heterocycles. The summed E-state index contributed by atoms with van der Waals surface area (Å²) in [5, 5.41) is 4.08. The van der Waals surface area contributed by atoms with Crippen molar-refractivity contribution in [3.63, 3.8) is 0 Å². The quantitative estimate of drug-likeness (QED) is 0.871. The minimum Gasteiger partial charge on any atom is -0.347 e. The standard InChI is InChI=1S/C14H23N3OS/c1-3-11-8-16-12(19-11)10(2)17-13(18)14(9-15)6-4-5-7-14/h8,10H,3-7,9,15H2,1-2H3,(H,17,18). The summed E-state index contributed by atoms with van der Waals surface area (Å²) in [7, 11) is 0. The molecule has 5 heteroatoms. The van der Waals surface area contributed by atoms with E-state index in [0.29, 0.717) is 6.54 Å². The van der Waals surface area contributed by atoms with E-state index < -0.39 is 0 Å². The molecule has 1 saturated carbocycles. The fourth-order valence-electron chi connectivity index (χ4n) is 2.67. The Balaban J connectivity index is 2.01. The van der Waals surface area contributed by atoms with Gasteiger partial charge in [-0.2, -0.15) is 0 Å². The summed E-state index contributed by atoms with van der Waals surface area (Å²) < 4.78 is 0. The molecular weight excluding hydrogens is 258 g/mol. The molecule has 1 unspecified atom stereocenters.